The van der Waals surface area contributed by atoms with E-state index in [4.69, 9.17) is 9.47 Å². The van der Waals surface area contributed by atoms with Gasteiger partial charge < -0.3 is 14.8 Å². The second-order valence-electron chi connectivity index (χ2n) is 7.27. The zero-order valence-electron chi connectivity index (χ0n) is 17.2. The summed E-state index contributed by atoms with van der Waals surface area (Å²) in [5.74, 6) is -0.680. The van der Waals surface area contributed by atoms with Crippen LogP contribution in [0.4, 0.5) is 0 Å². The first-order chi connectivity index (χ1) is 14.0. The molecular formula is C24H27NO4. The van der Waals surface area contributed by atoms with E-state index in [0.717, 1.165) is 22.3 Å². The van der Waals surface area contributed by atoms with Crippen molar-refractivity contribution in [2.45, 2.75) is 32.2 Å². The molecule has 152 valence electrons. The van der Waals surface area contributed by atoms with Gasteiger partial charge in [0.15, 0.2) is 0 Å². The minimum absolute atomic E-state index is 0.266. The number of fused-ring (bicyclic) bond motifs is 1. The highest BCUT2D eigenvalue weighted by Gasteiger charge is 2.46. The first-order valence-corrected chi connectivity index (χ1v) is 9.82. The zero-order valence-corrected chi connectivity index (χ0v) is 17.2. The Labute approximate surface area is 171 Å². The van der Waals surface area contributed by atoms with E-state index in [1.807, 2.05) is 55.5 Å². The number of aryl methyl sites for hydroxylation is 1. The molecular weight excluding hydrogens is 366 g/mol. The van der Waals surface area contributed by atoms with Crippen molar-refractivity contribution in [3.8, 4) is 0 Å². The third kappa shape index (κ3) is 4.40. The van der Waals surface area contributed by atoms with Crippen molar-refractivity contribution in [2.24, 2.45) is 0 Å². The lowest BCUT2D eigenvalue weighted by atomic mass is 9.93. The Morgan fingerprint density at radius 3 is 2.41 bits per heavy atom. The van der Waals surface area contributed by atoms with E-state index in [2.05, 4.69) is 5.32 Å². The van der Waals surface area contributed by atoms with Gasteiger partial charge in [0.2, 0.25) is 0 Å². The predicted octanol–water partition coefficient (Wildman–Crippen LogP) is 3.49. The minimum atomic E-state index is -1.09. The van der Waals surface area contributed by atoms with Crippen molar-refractivity contribution < 1.29 is 19.1 Å². The molecule has 0 saturated carbocycles. The van der Waals surface area contributed by atoms with Gasteiger partial charge in [0.1, 0.15) is 5.54 Å². The van der Waals surface area contributed by atoms with Crippen LogP contribution in [-0.2, 0) is 27.1 Å². The van der Waals surface area contributed by atoms with Crippen molar-refractivity contribution in [1.29, 1.82) is 0 Å². The molecule has 5 nitrogen and oxygen atoms in total. The van der Waals surface area contributed by atoms with Crippen molar-refractivity contribution in [1.82, 2.24) is 5.32 Å². The van der Waals surface area contributed by atoms with Gasteiger partial charge in [-0.3, -0.25) is 4.79 Å². The third-order valence-corrected chi connectivity index (χ3v) is 5.24. The normalized spacial score (nSPS) is 14.6. The molecule has 0 radical (unpaired) electrons. The van der Waals surface area contributed by atoms with E-state index in [1.165, 1.54) is 0 Å². The lowest BCUT2D eigenvalue weighted by molar-refractivity contribution is -0.150. The number of nitrogens with one attached hydrogen (secondary N) is 1. The molecule has 0 fully saturated rings. The number of ether oxygens (including phenoxy) is 2. The van der Waals surface area contributed by atoms with Crippen LogP contribution in [0.1, 0.15) is 39.5 Å². The highest BCUT2D eigenvalue weighted by Crippen LogP contribution is 2.32. The SMILES string of the molecule is CCOC(=O)C1(NC(=O)c2cccc(C)c2/C=C/COC)Cc2ccccc2C1. The maximum absolute atomic E-state index is 13.3. The minimum Gasteiger partial charge on any atom is -0.464 e. The number of carbonyl (C=O) groups excluding carboxylic acids is 2. The number of methoxy groups -OCH3 is 1. The standard InChI is InChI=1S/C24H27NO4/c1-4-29-23(27)24(15-18-10-5-6-11-19(18)16-24)25-22(26)21-12-7-9-17(2)20(21)13-8-14-28-3/h5-13H,4,14-16H2,1-3H3,(H,25,26)/b13-8+. The Morgan fingerprint density at radius 2 is 1.79 bits per heavy atom. The molecule has 1 aliphatic rings. The zero-order chi connectivity index (χ0) is 20.9. The maximum atomic E-state index is 13.3. The molecule has 0 heterocycles. The van der Waals surface area contributed by atoms with Crippen LogP contribution in [0.15, 0.2) is 48.5 Å². The van der Waals surface area contributed by atoms with E-state index in [-0.39, 0.29) is 12.5 Å². The molecule has 0 spiro atoms. The van der Waals surface area contributed by atoms with Gasteiger partial charge >= 0.3 is 5.97 Å². The molecule has 29 heavy (non-hydrogen) atoms. The van der Waals surface area contributed by atoms with Crippen LogP contribution in [0.25, 0.3) is 6.08 Å². The largest absolute Gasteiger partial charge is 0.464 e. The molecule has 5 heteroatoms. The van der Waals surface area contributed by atoms with Crippen LogP contribution < -0.4 is 5.32 Å². The Morgan fingerprint density at radius 1 is 1.10 bits per heavy atom. The van der Waals surface area contributed by atoms with Gasteiger partial charge in [-0.05, 0) is 42.2 Å². The lowest BCUT2D eigenvalue weighted by Gasteiger charge is -2.28. The molecule has 0 atom stereocenters. The summed E-state index contributed by atoms with van der Waals surface area (Å²) in [6.45, 7) is 4.45. The Balaban J connectivity index is 1.93. The maximum Gasteiger partial charge on any atom is 0.332 e. The van der Waals surface area contributed by atoms with Crippen LogP contribution >= 0.6 is 0 Å². The number of esters is 1. The van der Waals surface area contributed by atoms with Crippen molar-refractivity contribution in [3.63, 3.8) is 0 Å². The van der Waals surface area contributed by atoms with E-state index < -0.39 is 11.5 Å². The van der Waals surface area contributed by atoms with E-state index in [0.29, 0.717) is 25.0 Å². The van der Waals surface area contributed by atoms with Crippen LogP contribution in [0.2, 0.25) is 0 Å². The van der Waals surface area contributed by atoms with Gasteiger partial charge in [0.25, 0.3) is 5.91 Å². The molecule has 0 saturated heterocycles. The molecule has 0 unspecified atom stereocenters. The Bertz CT molecular complexity index is 907. The monoisotopic (exact) mass is 393 g/mol. The lowest BCUT2D eigenvalue weighted by Crippen LogP contribution is -2.56. The van der Waals surface area contributed by atoms with Gasteiger partial charge in [-0.1, -0.05) is 48.6 Å². The number of benzene rings is 2. The van der Waals surface area contributed by atoms with Gasteiger partial charge in [-0.15, -0.1) is 0 Å². The van der Waals surface area contributed by atoms with Crippen LogP contribution in [-0.4, -0.2) is 37.7 Å². The quantitative estimate of drug-likeness (QED) is 0.732. The fraction of sp³-hybridized carbons (Fsp3) is 0.333. The summed E-state index contributed by atoms with van der Waals surface area (Å²) in [6, 6.07) is 13.5. The number of hydrogen-bond donors (Lipinski definition) is 1. The summed E-state index contributed by atoms with van der Waals surface area (Å²) in [7, 11) is 1.62. The number of amides is 1. The first-order valence-electron chi connectivity index (χ1n) is 9.82. The van der Waals surface area contributed by atoms with Crippen LogP contribution in [0.5, 0.6) is 0 Å². The van der Waals surface area contributed by atoms with Gasteiger partial charge in [-0.25, -0.2) is 4.79 Å². The van der Waals surface area contributed by atoms with E-state index >= 15 is 0 Å². The molecule has 1 aliphatic carbocycles. The highest BCUT2D eigenvalue weighted by atomic mass is 16.5. The molecule has 1 amide bonds. The van der Waals surface area contributed by atoms with E-state index in [9.17, 15) is 9.59 Å². The Kier molecular flexibility index (Phi) is 6.49. The van der Waals surface area contributed by atoms with Crippen LogP contribution in [0, 0.1) is 6.92 Å². The average molecular weight is 393 g/mol. The van der Waals surface area contributed by atoms with Crippen molar-refractivity contribution in [2.75, 3.05) is 20.3 Å². The summed E-state index contributed by atoms with van der Waals surface area (Å²) in [5.41, 5.74) is 3.35. The smallest absolute Gasteiger partial charge is 0.332 e. The molecule has 0 aromatic heterocycles. The number of carbonyl (C=O) groups is 2. The van der Waals surface area contributed by atoms with E-state index in [1.54, 1.807) is 20.1 Å². The summed E-state index contributed by atoms with van der Waals surface area (Å²) in [5, 5.41) is 3.02. The second-order valence-corrected chi connectivity index (χ2v) is 7.27. The van der Waals surface area contributed by atoms with Gasteiger partial charge in [0, 0.05) is 25.5 Å². The second kappa shape index (κ2) is 9.05. The molecule has 2 aromatic rings. The molecule has 3 rings (SSSR count). The third-order valence-electron chi connectivity index (χ3n) is 5.24. The van der Waals surface area contributed by atoms with Crippen LogP contribution in [0.3, 0.4) is 0 Å². The number of hydrogen-bond acceptors (Lipinski definition) is 4. The first kappa shape index (κ1) is 20.8. The van der Waals surface area contributed by atoms with Gasteiger partial charge in [0.05, 0.1) is 13.2 Å². The molecule has 0 bridgehead atoms. The molecule has 1 N–H and O–H groups in total. The average Bonchev–Trinajstić information content (AvgIpc) is 3.08. The van der Waals surface area contributed by atoms with Crippen molar-refractivity contribution >= 4 is 18.0 Å². The van der Waals surface area contributed by atoms with Gasteiger partial charge in [-0.2, -0.15) is 0 Å². The summed E-state index contributed by atoms with van der Waals surface area (Å²) >= 11 is 0. The predicted molar refractivity (Wildman–Crippen MR) is 113 cm³/mol. The molecule has 0 aliphatic heterocycles. The highest BCUT2D eigenvalue weighted by molar-refractivity contribution is 6.01. The van der Waals surface area contributed by atoms with Crippen molar-refractivity contribution in [3.05, 3.63) is 76.4 Å². The topological polar surface area (TPSA) is 64.6 Å². The Hall–Kier alpha value is -2.92. The fourth-order valence-corrected chi connectivity index (χ4v) is 3.81. The molecule has 2 aromatic carbocycles. The number of rotatable bonds is 7. The fourth-order valence-electron chi connectivity index (χ4n) is 3.81. The summed E-state index contributed by atoms with van der Waals surface area (Å²) in [6.07, 6.45) is 4.60. The summed E-state index contributed by atoms with van der Waals surface area (Å²) in [4.78, 5) is 26.2. The summed E-state index contributed by atoms with van der Waals surface area (Å²) < 4.78 is 10.4.